The summed E-state index contributed by atoms with van der Waals surface area (Å²) in [5.74, 6) is 1.01. The summed E-state index contributed by atoms with van der Waals surface area (Å²) < 4.78 is 31.7. The lowest BCUT2D eigenvalue weighted by Gasteiger charge is -2.13. The molecule has 0 aliphatic rings. The van der Waals surface area contributed by atoms with Gasteiger partial charge in [-0.3, -0.25) is 10.1 Å². The fourth-order valence-electron chi connectivity index (χ4n) is 2.49. The predicted octanol–water partition coefficient (Wildman–Crippen LogP) is 3.86. The van der Waals surface area contributed by atoms with Gasteiger partial charge in [0.2, 0.25) is 23.5 Å². The van der Waals surface area contributed by atoms with Crippen molar-refractivity contribution in [1.82, 2.24) is 19.9 Å². The molecule has 13 nitrogen and oxygen atoms in total. The maximum absolute atomic E-state index is 11.3. The zero-order valence-electron chi connectivity index (χ0n) is 18.3. The zero-order valence-corrected chi connectivity index (χ0v) is 19.9. The topological polar surface area (TPSA) is 150 Å². The molecule has 178 valence electrons. The van der Waals surface area contributed by atoms with Crippen molar-refractivity contribution in [2.45, 2.75) is 0 Å². The quantitative estimate of drug-likeness (QED) is 0.210. The first-order chi connectivity index (χ1) is 16.4. The molecule has 0 bridgehead atoms. The Hall–Kier alpha value is -4.20. The molecule has 0 spiro atoms. The van der Waals surface area contributed by atoms with Gasteiger partial charge >= 0.3 is 16.6 Å². The first-order valence-electron chi connectivity index (χ1n) is 9.31. The lowest BCUT2D eigenvalue weighted by Crippen LogP contribution is -2.01. The molecule has 0 saturated heterocycles. The number of rotatable bonds is 10. The molecule has 34 heavy (non-hydrogen) atoms. The Morgan fingerprint density at radius 2 is 1.21 bits per heavy atom. The van der Waals surface area contributed by atoms with Gasteiger partial charge in [-0.25, -0.2) is 0 Å². The minimum absolute atomic E-state index is 0.125. The van der Waals surface area contributed by atoms with Crippen LogP contribution in [0.4, 0.5) is 0 Å². The van der Waals surface area contributed by atoms with E-state index in [0.29, 0.717) is 0 Å². The van der Waals surface area contributed by atoms with E-state index in [1.165, 1.54) is 46.6 Å². The van der Waals surface area contributed by atoms with Crippen LogP contribution in [0.1, 0.15) is 5.56 Å². The Bertz CT molecular complexity index is 1100. The smallest absolute Gasteiger partial charge is 0.328 e. The molecule has 0 fully saturated rings. The molecular formula is C20H18BrN5O8. The van der Waals surface area contributed by atoms with Crippen molar-refractivity contribution in [2.75, 3.05) is 28.4 Å². The first-order valence-corrected chi connectivity index (χ1v) is 10.1. The summed E-state index contributed by atoms with van der Waals surface area (Å²) in [6, 6.07) is 7.35. The minimum atomic E-state index is -0.628. The number of hydrogen-bond donors (Lipinski definition) is 0. The van der Waals surface area contributed by atoms with E-state index in [-0.39, 0.29) is 57.2 Å². The van der Waals surface area contributed by atoms with Crippen molar-refractivity contribution in [3.63, 3.8) is 0 Å². The van der Waals surface area contributed by atoms with Crippen molar-refractivity contribution >= 4 is 22.0 Å². The fourth-order valence-corrected chi connectivity index (χ4v) is 2.72. The van der Waals surface area contributed by atoms with Crippen molar-refractivity contribution in [3.8, 4) is 47.0 Å². The van der Waals surface area contributed by atoms with Gasteiger partial charge in [-0.2, -0.15) is 19.9 Å². The van der Waals surface area contributed by atoms with E-state index in [1.807, 2.05) is 0 Å². The Morgan fingerprint density at radius 3 is 1.53 bits per heavy atom. The van der Waals surface area contributed by atoms with Gasteiger partial charge in [-0.05, 0) is 12.1 Å². The summed E-state index contributed by atoms with van der Waals surface area (Å²) in [5.41, 5.74) is 0.168. The highest BCUT2D eigenvalue weighted by atomic mass is 79.9. The molecule has 0 amide bonds. The minimum Gasteiger partial charge on any atom is -0.481 e. The highest BCUT2D eigenvalue weighted by molar-refractivity contribution is 9.11. The number of ether oxygens (including phenoxy) is 6. The van der Waals surface area contributed by atoms with Gasteiger partial charge in [0.1, 0.15) is 11.5 Å². The first kappa shape index (κ1) is 24.4. The van der Waals surface area contributed by atoms with E-state index >= 15 is 0 Å². The van der Waals surface area contributed by atoms with Crippen molar-refractivity contribution in [1.29, 1.82) is 0 Å². The van der Waals surface area contributed by atoms with Crippen LogP contribution in [0.15, 0.2) is 34.9 Å². The molecule has 3 aromatic rings. The van der Waals surface area contributed by atoms with Gasteiger partial charge in [0, 0.05) is 22.0 Å². The van der Waals surface area contributed by atoms with E-state index in [1.54, 1.807) is 18.2 Å². The number of halogens is 1. The van der Waals surface area contributed by atoms with Crippen molar-refractivity contribution < 1.29 is 33.3 Å². The van der Waals surface area contributed by atoms with Crippen molar-refractivity contribution in [3.05, 3.63) is 50.6 Å². The molecule has 0 aliphatic heterocycles. The number of nitro groups is 1. The Kier molecular flexibility index (Phi) is 7.97. The van der Waals surface area contributed by atoms with Gasteiger partial charge < -0.3 is 28.4 Å². The molecule has 0 N–H and O–H groups in total. The number of aromatic nitrogens is 4. The summed E-state index contributed by atoms with van der Waals surface area (Å²) >= 11 is 2.92. The standard InChI is InChI=1S/C20H18BrN5O8/c1-29-15-9-16(30-2)23-19(22-15)33-12-6-5-7-13(11(12)8-14(21)26(27)28)34-20-24-17(31-3)10-18(25-20)32-4/h5-10H,1-4H3. The summed E-state index contributed by atoms with van der Waals surface area (Å²) in [7, 11) is 5.69. The summed E-state index contributed by atoms with van der Waals surface area (Å²) in [4.78, 5) is 27.1. The molecular weight excluding hydrogens is 518 g/mol. The van der Waals surface area contributed by atoms with Crippen LogP contribution in [-0.2, 0) is 0 Å². The molecule has 0 atom stereocenters. The second-order valence-corrected chi connectivity index (χ2v) is 6.88. The maximum Gasteiger partial charge on any atom is 0.328 e. The normalized spacial score (nSPS) is 10.9. The van der Waals surface area contributed by atoms with Crippen LogP contribution in [0, 0.1) is 10.1 Å². The van der Waals surface area contributed by atoms with Crippen LogP contribution in [-0.4, -0.2) is 53.3 Å². The third-order valence-electron chi connectivity index (χ3n) is 4.02. The number of benzene rings is 1. The third kappa shape index (κ3) is 5.98. The molecule has 3 rings (SSSR count). The number of methoxy groups -OCH3 is 4. The fraction of sp³-hybridized carbons (Fsp3) is 0.200. The van der Waals surface area contributed by atoms with Crippen LogP contribution < -0.4 is 28.4 Å². The highest BCUT2D eigenvalue weighted by Gasteiger charge is 2.19. The van der Waals surface area contributed by atoms with Gasteiger partial charge in [0.15, 0.2) is 0 Å². The molecule has 0 unspecified atom stereocenters. The lowest BCUT2D eigenvalue weighted by atomic mass is 10.1. The molecule has 14 heteroatoms. The Balaban J connectivity index is 2.09. The third-order valence-corrected chi connectivity index (χ3v) is 4.54. The van der Waals surface area contributed by atoms with Gasteiger partial charge in [0.25, 0.3) is 0 Å². The highest BCUT2D eigenvalue weighted by Crippen LogP contribution is 2.37. The Morgan fingerprint density at radius 1 is 0.824 bits per heavy atom. The predicted molar refractivity (Wildman–Crippen MR) is 121 cm³/mol. The van der Waals surface area contributed by atoms with Crippen LogP contribution in [0.3, 0.4) is 0 Å². The van der Waals surface area contributed by atoms with Crippen molar-refractivity contribution in [2.24, 2.45) is 0 Å². The van der Waals surface area contributed by atoms with Gasteiger partial charge in [-0.1, -0.05) is 6.07 Å². The van der Waals surface area contributed by atoms with Gasteiger partial charge in [0.05, 0.1) is 51.1 Å². The zero-order chi connectivity index (χ0) is 24.7. The van der Waals surface area contributed by atoms with E-state index in [9.17, 15) is 10.1 Å². The number of nitrogens with zero attached hydrogens (tertiary/aromatic N) is 5. The van der Waals surface area contributed by atoms with E-state index < -0.39 is 4.92 Å². The maximum atomic E-state index is 11.3. The molecule has 0 radical (unpaired) electrons. The average molecular weight is 536 g/mol. The number of hydrogen-bond acceptors (Lipinski definition) is 12. The Labute approximate surface area is 201 Å². The van der Waals surface area contributed by atoms with Crippen LogP contribution in [0.25, 0.3) is 6.08 Å². The van der Waals surface area contributed by atoms with Crippen LogP contribution >= 0.6 is 15.9 Å². The molecule has 1 aromatic carbocycles. The molecule has 2 heterocycles. The van der Waals surface area contributed by atoms with Crippen LogP contribution in [0.2, 0.25) is 0 Å². The summed E-state index contributed by atoms with van der Waals surface area (Å²) in [5, 5.41) is 11.3. The van der Waals surface area contributed by atoms with Gasteiger partial charge in [-0.15, -0.1) is 0 Å². The monoisotopic (exact) mass is 535 g/mol. The summed E-state index contributed by atoms with van der Waals surface area (Å²) in [6.07, 6.45) is 1.19. The largest absolute Gasteiger partial charge is 0.481 e. The van der Waals surface area contributed by atoms with E-state index in [4.69, 9.17) is 28.4 Å². The molecule has 0 saturated carbocycles. The lowest BCUT2D eigenvalue weighted by molar-refractivity contribution is -0.407. The van der Waals surface area contributed by atoms with Crippen LogP contribution in [0.5, 0.6) is 47.0 Å². The van der Waals surface area contributed by atoms with E-state index in [2.05, 4.69) is 35.9 Å². The molecule has 0 aliphatic carbocycles. The van der Waals surface area contributed by atoms with E-state index in [0.717, 1.165) is 0 Å². The average Bonchev–Trinajstić information content (AvgIpc) is 2.85. The second-order valence-electron chi connectivity index (χ2n) is 6.07. The summed E-state index contributed by atoms with van der Waals surface area (Å²) in [6.45, 7) is 0. The SMILES string of the molecule is COc1cc(OC)nc(Oc2cccc(Oc3nc(OC)cc(OC)n3)c2C=C(Br)[N+](=O)[O-])n1. The molecule has 2 aromatic heterocycles. The second kappa shape index (κ2) is 11.1.